The molecule has 1 saturated carbocycles. The summed E-state index contributed by atoms with van der Waals surface area (Å²) in [4.78, 5) is 34.6. The Morgan fingerprint density at radius 1 is 1.31 bits per heavy atom. The van der Waals surface area contributed by atoms with E-state index in [1.807, 2.05) is 39.0 Å². The molecule has 3 aromatic rings. The zero-order valence-electron chi connectivity index (χ0n) is 16.8. The molecule has 29 heavy (non-hydrogen) atoms. The van der Waals surface area contributed by atoms with Crippen LogP contribution in [0.25, 0.3) is 10.2 Å². The molecular weight excluding hydrogens is 402 g/mol. The van der Waals surface area contributed by atoms with Crippen LogP contribution in [0.3, 0.4) is 0 Å². The Bertz CT molecular complexity index is 1090. The number of carbonyl (C=O) groups excluding carboxylic acids is 1. The van der Waals surface area contributed by atoms with Crippen LogP contribution in [0.1, 0.15) is 47.6 Å². The quantitative estimate of drug-likeness (QED) is 0.583. The van der Waals surface area contributed by atoms with Gasteiger partial charge in [0.1, 0.15) is 10.7 Å². The third-order valence-electron chi connectivity index (χ3n) is 5.48. The van der Waals surface area contributed by atoms with Gasteiger partial charge in [-0.05, 0) is 50.7 Å². The first-order valence-electron chi connectivity index (χ1n) is 9.90. The molecule has 0 bridgehead atoms. The van der Waals surface area contributed by atoms with Gasteiger partial charge in [-0.3, -0.25) is 9.59 Å². The molecule has 2 aromatic heterocycles. The zero-order valence-corrected chi connectivity index (χ0v) is 18.5. The summed E-state index contributed by atoms with van der Waals surface area (Å²) >= 11 is 3.04. The molecule has 1 aliphatic carbocycles. The number of nitrogens with one attached hydrogen (secondary N) is 2. The molecule has 7 heteroatoms. The number of carbonyl (C=O) groups is 1. The molecule has 1 fully saturated rings. The molecule has 2 heterocycles. The molecular formula is C22H25N3O2S2. The number of H-pyrrole nitrogens is 1. The molecule has 0 spiro atoms. The van der Waals surface area contributed by atoms with E-state index >= 15 is 0 Å². The Morgan fingerprint density at radius 2 is 2.03 bits per heavy atom. The number of thiophene rings is 1. The summed E-state index contributed by atoms with van der Waals surface area (Å²) < 4.78 is 0. The molecule has 0 radical (unpaired) electrons. The van der Waals surface area contributed by atoms with Gasteiger partial charge in [0.05, 0.1) is 22.4 Å². The monoisotopic (exact) mass is 427 g/mol. The van der Waals surface area contributed by atoms with Gasteiger partial charge in [-0.15, -0.1) is 23.1 Å². The lowest BCUT2D eigenvalue weighted by Crippen LogP contribution is -2.35. The molecule has 5 nitrogen and oxygen atoms in total. The number of aromatic nitrogens is 2. The predicted molar refractivity (Wildman–Crippen MR) is 121 cm³/mol. The second kappa shape index (κ2) is 8.32. The van der Waals surface area contributed by atoms with Gasteiger partial charge in [0, 0.05) is 4.88 Å². The van der Waals surface area contributed by atoms with Gasteiger partial charge in [0.25, 0.3) is 5.56 Å². The van der Waals surface area contributed by atoms with Crippen molar-refractivity contribution in [1.29, 1.82) is 0 Å². The minimum absolute atomic E-state index is 0.0296. The molecule has 1 aromatic carbocycles. The van der Waals surface area contributed by atoms with Gasteiger partial charge >= 0.3 is 0 Å². The van der Waals surface area contributed by atoms with E-state index < -0.39 is 0 Å². The van der Waals surface area contributed by atoms with Crippen LogP contribution in [0.15, 0.2) is 35.1 Å². The topological polar surface area (TPSA) is 74.8 Å². The van der Waals surface area contributed by atoms with E-state index in [0.29, 0.717) is 22.9 Å². The number of amides is 1. The maximum atomic E-state index is 12.8. The third-order valence-corrected chi connectivity index (χ3v) is 7.73. The van der Waals surface area contributed by atoms with E-state index in [2.05, 4.69) is 27.4 Å². The third kappa shape index (κ3) is 4.41. The Hall–Kier alpha value is -2.12. The molecule has 0 aliphatic heterocycles. The van der Waals surface area contributed by atoms with E-state index in [0.717, 1.165) is 28.1 Å². The molecule has 4 rings (SSSR count). The number of aryl methyl sites for hydroxylation is 2. The number of nitrogens with zero attached hydrogens (tertiary/aromatic N) is 1. The van der Waals surface area contributed by atoms with E-state index in [4.69, 9.17) is 0 Å². The number of hydrogen-bond acceptors (Lipinski definition) is 5. The summed E-state index contributed by atoms with van der Waals surface area (Å²) in [7, 11) is 0. The summed E-state index contributed by atoms with van der Waals surface area (Å²) in [5.41, 5.74) is 2.07. The Labute approximate surface area is 178 Å². The van der Waals surface area contributed by atoms with E-state index in [1.54, 1.807) is 11.3 Å². The normalized spacial score (nSPS) is 16.0. The van der Waals surface area contributed by atoms with Gasteiger partial charge < -0.3 is 10.3 Å². The van der Waals surface area contributed by atoms with E-state index in [1.165, 1.54) is 17.3 Å². The number of rotatable bonds is 7. The lowest BCUT2D eigenvalue weighted by atomic mass is 10.0. The largest absolute Gasteiger partial charge is 0.348 e. The van der Waals surface area contributed by atoms with Crippen molar-refractivity contribution in [2.45, 2.75) is 50.7 Å². The second-order valence-corrected chi connectivity index (χ2v) is 10.2. The second-order valence-electron chi connectivity index (χ2n) is 7.66. The number of fused-ring (bicyclic) bond motifs is 1. The van der Waals surface area contributed by atoms with Crippen LogP contribution < -0.4 is 10.9 Å². The summed E-state index contributed by atoms with van der Waals surface area (Å²) in [6.07, 6.45) is 2.32. The fourth-order valence-corrected chi connectivity index (χ4v) is 5.29. The molecule has 2 unspecified atom stereocenters. The van der Waals surface area contributed by atoms with Gasteiger partial charge in [0.2, 0.25) is 5.91 Å². The lowest BCUT2D eigenvalue weighted by molar-refractivity contribution is -0.121. The average Bonchev–Trinajstić information content (AvgIpc) is 3.50. The van der Waals surface area contributed by atoms with Crippen molar-refractivity contribution in [2.75, 3.05) is 0 Å². The van der Waals surface area contributed by atoms with Crippen LogP contribution in [-0.4, -0.2) is 21.1 Å². The van der Waals surface area contributed by atoms with Crippen molar-refractivity contribution >= 4 is 39.2 Å². The maximum absolute atomic E-state index is 12.8. The van der Waals surface area contributed by atoms with Gasteiger partial charge in [-0.2, -0.15) is 0 Å². The van der Waals surface area contributed by atoms with Crippen molar-refractivity contribution in [3.63, 3.8) is 0 Å². The first-order chi connectivity index (χ1) is 13.9. The SMILES string of the molecule is Cc1sc2nc(CSC(C)C(=O)NC(c3ccccc3)C3CC3)[nH]c(=O)c2c1C. The van der Waals surface area contributed by atoms with Crippen LogP contribution in [0, 0.1) is 19.8 Å². The van der Waals surface area contributed by atoms with Crippen LogP contribution in [0.4, 0.5) is 0 Å². The smallest absolute Gasteiger partial charge is 0.259 e. The molecule has 0 saturated heterocycles. The Balaban J connectivity index is 1.41. The minimum Gasteiger partial charge on any atom is -0.348 e. The fourth-order valence-electron chi connectivity index (χ4n) is 3.48. The van der Waals surface area contributed by atoms with Crippen LogP contribution in [0.2, 0.25) is 0 Å². The van der Waals surface area contributed by atoms with Crippen LogP contribution in [-0.2, 0) is 10.5 Å². The number of thioether (sulfide) groups is 1. The Morgan fingerprint density at radius 3 is 2.72 bits per heavy atom. The first kappa shape index (κ1) is 20.2. The Kier molecular flexibility index (Phi) is 5.79. The summed E-state index contributed by atoms with van der Waals surface area (Å²) in [6, 6.07) is 10.3. The standard InChI is InChI=1S/C22H25N3O2S2/c1-12-13(2)29-22-18(12)21(27)23-17(24-22)11-28-14(3)20(26)25-19(16-9-10-16)15-7-5-4-6-8-15/h4-8,14,16,19H,9-11H2,1-3H3,(H,25,26)(H,23,24,27). The van der Waals surface area contributed by atoms with Crippen LogP contribution in [0.5, 0.6) is 0 Å². The molecule has 1 aliphatic rings. The zero-order chi connectivity index (χ0) is 20.5. The van der Waals surface area contributed by atoms with Crippen molar-refractivity contribution in [3.05, 3.63) is 62.5 Å². The first-order valence-corrected chi connectivity index (χ1v) is 11.8. The summed E-state index contributed by atoms with van der Waals surface area (Å²) in [5.74, 6) is 1.68. The number of aromatic amines is 1. The van der Waals surface area contributed by atoms with Crippen molar-refractivity contribution < 1.29 is 4.79 Å². The van der Waals surface area contributed by atoms with Crippen molar-refractivity contribution in [3.8, 4) is 0 Å². The molecule has 152 valence electrons. The molecule has 2 atom stereocenters. The number of hydrogen-bond donors (Lipinski definition) is 2. The van der Waals surface area contributed by atoms with Gasteiger partial charge in [-0.1, -0.05) is 30.3 Å². The van der Waals surface area contributed by atoms with E-state index in [9.17, 15) is 9.59 Å². The number of benzene rings is 1. The maximum Gasteiger partial charge on any atom is 0.259 e. The highest BCUT2D eigenvalue weighted by atomic mass is 32.2. The predicted octanol–water partition coefficient (Wildman–Crippen LogP) is 4.49. The lowest BCUT2D eigenvalue weighted by Gasteiger charge is -2.21. The fraction of sp³-hybridized carbons (Fsp3) is 0.409. The van der Waals surface area contributed by atoms with Crippen LogP contribution >= 0.6 is 23.1 Å². The van der Waals surface area contributed by atoms with Gasteiger partial charge in [0.15, 0.2) is 0 Å². The average molecular weight is 428 g/mol. The summed E-state index contributed by atoms with van der Waals surface area (Å²) in [6.45, 7) is 5.87. The highest BCUT2D eigenvalue weighted by molar-refractivity contribution is 7.99. The van der Waals surface area contributed by atoms with E-state index in [-0.39, 0.29) is 22.8 Å². The van der Waals surface area contributed by atoms with Gasteiger partial charge in [-0.25, -0.2) is 4.98 Å². The molecule has 1 amide bonds. The highest BCUT2D eigenvalue weighted by Gasteiger charge is 2.34. The van der Waals surface area contributed by atoms with Crippen molar-refractivity contribution in [2.24, 2.45) is 5.92 Å². The summed E-state index contributed by atoms with van der Waals surface area (Å²) in [5, 5.41) is 3.69. The highest BCUT2D eigenvalue weighted by Crippen LogP contribution is 2.41. The van der Waals surface area contributed by atoms with Crippen molar-refractivity contribution in [1.82, 2.24) is 15.3 Å². The minimum atomic E-state index is -0.229. The molecule has 2 N–H and O–H groups in total.